The highest BCUT2D eigenvalue weighted by molar-refractivity contribution is 6.32. The van der Waals surface area contributed by atoms with Gasteiger partial charge >= 0.3 is 0 Å². The first-order valence-corrected chi connectivity index (χ1v) is 7.69. The molecule has 2 nitrogen and oxygen atoms in total. The maximum absolute atomic E-state index is 6.31. The van der Waals surface area contributed by atoms with E-state index in [4.69, 9.17) is 11.6 Å². The molecule has 0 aliphatic heterocycles. The summed E-state index contributed by atoms with van der Waals surface area (Å²) in [4.78, 5) is 8.82. The Hall–Kier alpha value is -2.19. The minimum absolute atomic E-state index is 0.0295. The van der Waals surface area contributed by atoms with E-state index in [1.165, 1.54) is 22.3 Å². The maximum Gasteiger partial charge on any atom is 0.138 e. The fourth-order valence-corrected chi connectivity index (χ4v) is 3.62. The highest BCUT2D eigenvalue weighted by Crippen LogP contribution is 2.51. The van der Waals surface area contributed by atoms with Crippen molar-refractivity contribution in [3.63, 3.8) is 0 Å². The SMILES string of the molecule is CC1(C)c2ccccc2-c2c1ccnc2-c1cccnc1Cl. The number of pyridine rings is 2. The third-order valence-corrected chi connectivity index (χ3v) is 4.81. The fraction of sp³-hybridized carbons (Fsp3) is 0.158. The Morgan fingerprint density at radius 3 is 2.41 bits per heavy atom. The smallest absolute Gasteiger partial charge is 0.138 e. The van der Waals surface area contributed by atoms with Crippen molar-refractivity contribution in [2.75, 3.05) is 0 Å². The van der Waals surface area contributed by atoms with E-state index in [1.54, 1.807) is 6.20 Å². The average Bonchev–Trinajstić information content (AvgIpc) is 2.77. The summed E-state index contributed by atoms with van der Waals surface area (Å²) in [5.41, 5.74) is 6.81. The van der Waals surface area contributed by atoms with Crippen LogP contribution in [-0.2, 0) is 5.41 Å². The summed E-state index contributed by atoms with van der Waals surface area (Å²) < 4.78 is 0. The molecule has 0 fully saturated rings. The lowest BCUT2D eigenvalue weighted by molar-refractivity contribution is 0.660. The molecule has 1 aliphatic rings. The molecule has 1 aliphatic carbocycles. The third-order valence-electron chi connectivity index (χ3n) is 4.51. The van der Waals surface area contributed by atoms with Crippen molar-refractivity contribution < 1.29 is 0 Å². The van der Waals surface area contributed by atoms with Gasteiger partial charge in [-0.3, -0.25) is 4.98 Å². The molecule has 0 amide bonds. The number of nitrogens with zero attached hydrogens (tertiary/aromatic N) is 2. The van der Waals surface area contributed by atoms with Gasteiger partial charge in [-0.15, -0.1) is 0 Å². The zero-order valence-corrected chi connectivity index (χ0v) is 13.2. The number of halogens is 1. The normalized spacial score (nSPS) is 14.5. The Bertz CT molecular complexity index is 884. The predicted molar refractivity (Wildman–Crippen MR) is 90.0 cm³/mol. The molecule has 0 spiro atoms. The van der Waals surface area contributed by atoms with Crippen LogP contribution in [0.3, 0.4) is 0 Å². The van der Waals surface area contributed by atoms with Crippen LogP contribution in [0.15, 0.2) is 54.9 Å². The topological polar surface area (TPSA) is 25.8 Å². The summed E-state index contributed by atoms with van der Waals surface area (Å²) in [5.74, 6) is 0. The van der Waals surface area contributed by atoms with Crippen molar-refractivity contribution in [1.29, 1.82) is 0 Å². The van der Waals surface area contributed by atoms with E-state index in [0.717, 1.165) is 11.3 Å². The van der Waals surface area contributed by atoms with E-state index in [0.29, 0.717) is 5.15 Å². The molecule has 2 aromatic heterocycles. The zero-order valence-electron chi connectivity index (χ0n) is 12.5. The third kappa shape index (κ3) is 1.74. The fourth-order valence-electron chi connectivity index (χ4n) is 3.41. The molecule has 0 unspecified atom stereocenters. The van der Waals surface area contributed by atoms with E-state index in [1.807, 2.05) is 18.3 Å². The standard InChI is InChI=1S/C19H15ClN2/c1-19(2)14-8-4-3-6-12(14)16-15(19)9-11-21-17(16)13-7-5-10-22-18(13)20/h3-11H,1-2H3. The van der Waals surface area contributed by atoms with Gasteiger partial charge in [-0.1, -0.05) is 49.7 Å². The molecule has 2 heterocycles. The maximum atomic E-state index is 6.31. The van der Waals surface area contributed by atoms with Crippen LogP contribution in [0.5, 0.6) is 0 Å². The van der Waals surface area contributed by atoms with Crippen LogP contribution in [0, 0.1) is 0 Å². The lowest BCUT2D eigenvalue weighted by Crippen LogP contribution is -2.14. The Morgan fingerprint density at radius 2 is 1.59 bits per heavy atom. The van der Waals surface area contributed by atoms with E-state index in [2.05, 4.69) is 54.1 Å². The molecule has 0 bridgehead atoms. The molecular formula is C19H15ClN2. The number of fused-ring (bicyclic) bond motifs is 3. The number of rotatable bonds is 1. The second-order valence-corrected chi connectivity index (χ2v) is 6.45. The molecule has 0 saturated carbocycles. The molecule has 108 valence electrons. The number of benzene rings is 1. The van der Waals surface area contributed by atoms with Gasteiger partial charge in [0.1, 0.15) is 5.15 Å². The van der Waals surface area contributed by atoms with Crippen LogP contribution in [0.4, 0.5) is 0 Å². The molecule has 0 N–H and O–H groups in total. The quantitative estimate of drug-likeness (QED) is 0.584. The minimum atomic E-state index is -0.0295. The van der Waals surface area contributed by atoms with Crippen LogP contribution >= 0.6 is 11.6 Å². The summed E-state index contributed by atoms with van der Waals surface area (Å²) in [5, 5.41) is 0.491. The van der Waals surface area contributed by atoms with Crippen LogP contribution in [0.1, 0.15) is 25.0 Å². The molecule has 0 atom stereocenters. The molecule has 3 heteroatoms. The van der Waals surface area contributed by atoms with Gasteiger partial charge in [0, 0.05) is 28.9 Å². The monoisotopic (exact) mass is 306 g/mol. The summed E-state index contributed by atoms with van der Waals surface area (Å²) in [6.45, 7) is 4.51. The second kappa shape index (κ2) is 4.65. The van der Waals surface area contributed by atoms with E-state index in [9.17, 15) is 0 Å². The summed E-state index contributed by atoms with van der Waals surface area (Å²) >= 11 is 6.31. The zero-order chi connectivity index (χ0) is 15.3. The van der Waals surface area contributed by atoms with Crippen molar-refractivity contribution in [3.05, 3.63) is 71.1 Å². The number of hydrogen-bond donors (Lipinski definition) is 0. The first-order valence-electron chi connectivity index (χ1n) is 7.31. The van der Waals surface area contributed by atoms with Crippen LogP contribution in [-0.4, -0.2) is 9.97 Å². The lowest BCUT2D eigenvalue weighted by atomic mass is 9.82. The first kappa shape index (κ1) is 13.5. The second-order valence-electron chi connectivity index (χ2n) is 6.09. The van der Waals surface area contributed by atoms with Gasteiger partial charge in [-0.05, 0) is 34.9 Å². The van der Waals surface area contributed by atoms with Gasteiger partial charge in [-0.2, -0.15) is 0 Å². The molecular weight excluding hydrogens is 292 g/mol. The number of hydrogen-bond acceptors (Lipinski definition) is 2. The molecule has 0 saturated heterocycles. The summed E-state index contributed by atoms with van der Waals surface area (Å²) in [6.07, 6.45) is 3.57. The Balaban J connectivity index is 2.09. The Kier molecular flexibility index (Phi) is 2.85. The predicted octanol–water partition coefficient (Wildman–Crippen LogP) is 5.10. The van der Waals surface area contributed by atoms with Gasteiger partial charge < -0.3 is 0 Å². The molecule has 3 aromatic rings. The average molecular weight is 307 g/mol. The van der Waals surface area contributed by atoms with E-state index < -0.39 is 0 Å². The summed E-state index contributed by atoms with van der Waals surface area (Å²) in [7, 11) is 0. The van der Waals surface area contributed by atoms with Gasteiger partial charge in [0.15, 0.2) is 0 Å². The van der Waals surface area contributed by atoms with E-state index >= 15 is 0 Å². The van der Waals surface area contributed by atoms with Crippen LogP contribution < -0.4 is 0 Å². The van der Waals surface area contributed by atoms with E-state index in [-0.39, 0.29) is 5.41 Å². The van der Waals surface area contributed by atoms with Crippen molar-refractivity contribution in [3.8, 4) is 22.4 Å². The van der Waals surface area contributed by atoms with Crippen molar-refractivity contribution in [1.82, 2.24) is 9.97 Å². The lowest BCUT2D eigenvalue weighted by Gasteiger charge is -2.21. The molecule has 22 heavy (non-hydrogen) atoms. The van der Waals surface area contributed by atoms with Gasteiger partial charge in [0.2, 0.25) is 0 Å². The van der Waals surface area contributed by atoms with Gasteiger partial charge in [0.05, 0.1) is 5.69 Å². The van der Waals surface area contributed by atoms with Crippen molar-refractivity contribution >= 4 is 11.6 Å². The highest BCUT2D eigenvalue weighted by Gasteiger charge is 2.37. The first-order chi connectivity index (χ1) is 10.6. The molecule has 1 aromatic carbocycles. The molecule has 4 rings (SSSR count). The highest BCUT2D eigenvalue weighted by atomic mass is 35.5. The van der Waals surface area contributed by atoms with Crippen LogP contribution in [0.2, 0.25) is 5.15 Å². The Labute approximate surface area is 134 Å². The van der Waals surface area contributed by atoms with Gasteiger partial charge in [0.25, 0.3) is 0 Å². The van der Waals surface area contributed by atoms with Crippen LogP contribution in [0.25, 0.3) is 22.4 Å². The molecule has 0 radical (unpaired) electrons. The number of aromatic nitrogens is 2. The minimum Gasteiger partial charge on any atom is -0.255 e. The largest absolute Gasteiger partial charge is 0.255 e. The van der Waals surface area contributed by atoms with Crippen molar-refractivity contribution in [2.24, 2.45) is 0 Å². The Morgan fingerprint density at radius 1 is 0.818 bits per heavy atom. The summed E-state index contributed by atoms with van der Waals surface area (Å²) in [6, 6.07) is 14.5. The van der Waals surface area contributed by atoms with Crippen molar-refractivity contribution in [2.45, 2.75) is 19.3 Å². The van der Waals surface area contributed by atoms with Gasteiger partial charge in [-0.25, -0.2) is 4.98 Å².